The summed E-state index contributed by atoms with van der Waals surface area (Å²) < 4.78 is 59.2. The van der Waals surface area contributed by atoms with Crippen molar-refractivity contribution in [1.82, 2.24) is 0 Å². The van der Waals surface area contributed by atoms with Gasteiger partial charge in [0, 0.05) is 0 Å². The van der Waals surface area contributed by atoms with Crippen LogP contribution < -0.4 is 0 Å². The molecule has 0 aromatic rings. The van der Waals surface area contributed by atoms with E-state index in [0.717, 1.165) is 0 Å². The number of carboxylic acid groups (broad SMARTS) is 1. The molecular formula is C5H3F5O3. The van der Waals surface area contributed by atoms with Gasteiger partial charge >= 0.3 is 17.8 Å². The summed E-state index contributed by atoms with van der Waals surface area (Å²) in [6.45, 7) is -2.66. The van der Waals surface area contributed by atoms with Gasteiger partial charge in [-0.2, -0.15) is 17.6 Å². The second-order valence-corrected chi connectivity index (χ2v) is 2.05. The lowest BCUT2D eigenvalue weighted by Gasteiger charge is -2.15. The maximum Gasteiger partial charge on any atom is 0.405 e. The first kappa shape index (κ1) is 11.8. The van der Waals surface area contributed by atoms with E-state index in [9.17, 15) is 31.5 Å². The van der Waals surface area contributed by atoms with Crippen molar-refractivity contribution in [1.29, 1.82) is 0 Å². The summed E-state index contributed by atoms with van der Waals surface area (Å²) in [6, 6.07) is 0. The number of ketones is 1. The Morgan fingerprint density at radius 3 is 1.77 bits per heavy atom. The molecular weight excluding hydrogens is 203 g/mol. The number of carbonyl (C=O) groups is 2. The number of carbonyl (C=O) groups excluding carboxylic acids is 1. The molecule has 0 aliphatic heterocycles. The van der Waals surface area contributed by atoms with Crippen molar-refractivity contribution >= 4 is 11.8 Å². The van der Waals surface area contributed by atoms with Crippen LogP contribution >= 0.6 is 0 Å². The highest BCUT2D eigenvalue weighted by molar-refractivity contribution is 6.07. The lowest BCUT2D eigenvalue weighted by atomic mass is 10.1. The van der Waals surface area contributed by atoms with Crippen molar-refractivity contribution in [2.45, 2.75) is 11.8 Å². The molecule has 1 N–H and O–H groups in total. The van der Waals surface area contributed by atoms with Gasteiger partial charge in [0.2, 0.25) is 0 Å². The van der Waals surface area contributed by atoms with Crippen molar-refractivity contribution in [3.05, 3.63) is 0 Å². The Labute approximate surface area is 68.1 Å². The van der Waals surface area contributed by atoms with E-state index in [1.54, 1.807) is 0 Å². The molecule has 0 aliphatic rings. The molecule has 0 aromatic heterocycles. The third-order valence-electron chi connectivity index (χ3n) is 1.05. The molecule has 0 amide bonds. The van der Waals surface area contributed by atoms with Crippen LogP contribution in [-0.4, -0.2) is 35.4 Å². The molecule has 13 heavy (non-hydrogen) atoms. The molecule has 0 saturated carbocycles. The summed E-state index contributed by atoms with van der Waals surface area (Å²) in [6.07, 6.45) is 0. The van der Waals surface area contributed by atoms with Gasteiger partial charge < -0.3 is 5.11 Å². The molecule has 3 nitrogen and oxygen atoms in total. The Morgan fingerprint density at radius 1 is 1.15 bits per heavy atom. The van der Waals surface area contributed by atoms with Gasteiger partial charge in [0.05, 0.1) is 0 Å². The molecule has 8 heteroatoms. The van der Waals surface area contributed by atoms with Crippen LogP contribution in [0.4, 0.5) is 22.0 Å². The number of hydrogen-bond donors (Lipinski definition) is 1. The second kappa shape index (κ2) is 3.27. The summed E-state index contributed by atoms with van der Waals surface area (Å²) in [5.41, 5.74) is 0. The first-order valence-corrected chi connectivity index (χ1v) is 2.76. The van der Waals surface area contributed by atoms with Gasteiger partial charge in [-0.1, -0.05) is 0 Å². The standard InChI is InChI=1S/C5H3F5O3/c6-1-4(7,8)2(11)5(9,10)3(12)13/h1H2,(H,12,13). The predicted octanol–water partition coefficient (Wildman–Crippen LogP) is 0.880. The van der Waals surface area contributed by atoms with Crippen LogP contribution in [0.25, 0.3) is 0 Å². The third-order valence-corrected chi connectivity index (χ3v) is 1.05. The highest BCUT2D eigenvalue weighted by atomic mass is 19.3. The van der Waals surface area contributed by atoms with E-state index in [-0.39, 0.29) is 0 Å². The maximum absolute atomic E-state index is 12.0. The molecule has 0 rings (SSSR count). The molecule has 0 heterocycles. The van der Waals surface area contributed by atoms with Crippen LogP contribution in [-0.2, 0) is 9.59 Å². The first-order valence-electron chi connectivity index (χ1n) is 2.76. The molecule has 0 aliphatic carbocycles. The topological polar surface area (TPSA) is 54.4 Å². The summed E-state index contributed by atoms with van der Waals surface area (Å²) in [4.78, 5) is 19.6. The van der Waals surface area contributed by atoms with Gasteiger partial charge in [0.15, 0.2) is 6.67 Å². The molecule has 0 atom stereocenters. The number of alkyl halides is 5. The Balaban J connectivity index is 4.90. The average Bonchev–Trinajstić information content (AvgIpc) is 2.02. The predicted molar refractivity (Wildman–Crippen MR) is 28.5 cm³/mol. The Bertz CT molecular complexity index is 236. The summed E-state index contributed by atoms with van der Waals surface area (Å²) >= 11 is 0. The molecule has 0 spiro atoms. The van der Waals surface area contributed by atoms with E-state index in [4.69, 9.17) is 5.11 Å². The van der Waals surface area contributed by atoms with Crippen LogP contribution in [0.2, 0.25) is 0 Å². The molecule has 0 radical (unpaired) electrons. The third kappa shape index (κ3) is 2.13. The van der Waals surface area contributed by atoms with Crippen LogP contribution in [0.3, 0.4) is 0 Å². The number of rotatable bonds is 4. The van der Waals surface area contributed by atoms with Crippen molar-refractivity contribution in [2.75, 3.05) is 6.67 Å². The number of hydrogen-bond acceptors (Lipinski definition) is 2. The molecule has 0 fully saturated rings. The molecule has 0 saturated heterocycles. The van der Waals surface area contributed by atoms with E-state index < -0.39 is 30.3 Å². The minimum absolute atomic E-state index is 2.66. The summed E-state index contributed by atoms with van der Waals surface area (Å²) in [5.74, 6) is -16.5. The minimum Gasteiger partial charge on any atom is -0.476 e. The fourth-order valence-electron chi connectivity index (χ4n) is 0.387. The zero-order chi connectivity index (χ0) is 10.9. The number of Topliss-reactive ketones (excluding diaryl/α,β-unsaturated/α-hetero) is 1. The van der Waals surface area contributed by atoms with E-state index in [1.165, 1.54) is 0 Å². The van der Waals surface area contributed by atoms with Crippen LogP contribution in [0.1, 0.15) is 0 Å². The molecule has 76 valence electrons. The largest absolute Gasteiger partial charge is 0.476 e. The lowest BCUT2D eigenvalue weighted by molar-refractivity contribution is -0.185. The van der Waals surface area contributed by atoms with E-state index in [2.05, 4.69) is 0 Å². The van der Waals surface area contributed by atoms with Crippen LogP contribution in [0, 0.1) is 0 Å². The van der Waals surface area contributed by atoms with Gasteiger partial charge in [0.25, 0.3) is 5.78 Å². The number of carboxylic acids is 1. The van der Waals surface area contributed by atoms with Gasteiger partial charge in [-0.05, 0) is 0 Å². The van der Waals surface area contributed by atoms with Gasteiger partial charge in [-0.25, -0.2) is 9.18 Å². The highest BCUT2D eigenvalue weighted by Gasteiger charge is 2.59. The second-order valence-electron chi connectivity index (χ2n) is 2.05. The summed E-state index contributed by atoms with van der Waals surface area (Å²) in [7, 11) is 0. The smallest absolute Gasteiger partial charge is 0.405 e. The van der Waals surface area contributed by atoms with Crippen LogP contribution in [0.15, 0.2) is 0 Å². The Morgan fingerprint density at radius 2 is 1.54 bits per heavy atom. The molecule has 0 aromatic carbocycles. The molecule has 0 bridgehead atoms. The van der Waals surface area contributed by atoms with Gasteiger partial charge in [-0.15, -0.1) is 0 Å². The zero-order valence-corrected chi connectivity index (χ0v) is 5.86. The fraction of sp³-hybridized carbons (Fsp3) is 0.600. The van der Waals surface area contributed by atoms with Crippen molar-refractivity contribution in [3.8, 4) is 0 Å². The van der Waals surface area contributed by atoms with Gasteiger partial charge in [-0.3, -0.25) is 4.79 Å². The maximum atomic E-state index is 12.0. The molecule has 0 unspecified atom stereocenters. The van der Waals surface area contributed by atoms with E-state index in [0.29, 0.717) is 0 Å². The average molecular weight is 206 g/mol. The Kier molecular flexibility index (Phi) is 2.96. The van der Waals surface area contributed by atoms with Crippen molar-refractivity contribution in [2.24, 2.45) is 0 Å². The SMILES string of the molecule is O=C(O)C(F)(F)C(=O)C(F)(F)CF. The summed E-state index contributed by atoms with van der Waals surface area (Å²) in [5, 5.41) is 7.64. The van der Waals surface area contributed by atoms with Crippen molar-refractivity contribution in [3.63, 3.8) is 0 Å². The van der Waals surface area contributed by atoms with Crippen LogP contribution in [0.5, 0.6) is 0 Å². The fourth-order valence-corrected chi connectivity index (χ4v) is 0.387. The van der Waals surface area contributed by atoms with Crippen molar-refractivity contribution < 1.29 is 36.6 Å². The highest BCUT2D eigenvalue weighted by Crippen LogP contribution is 2.27. The Hall–Kier alpha value is -1.21. The zero-order valence-electron chi connectivity index (χ0n) is 5.86. The normalized spacial score (nSPS) is 12.7. The van der Waals surface area contributed by atoms with Gasteiger partial charge in [0.1, 0.15) is 0 Å². The number of aliphatic carboxylic acids is 1. The monoisotopic (exact) mass is 206 g/mol. The lowest BCUT2D eigenvalue weighted by Crippen LogP contribution is -2.48. The minimum atomic E-state index is -5.27. The quantitative estimate of drug-likeness (QED) is 0.548. The number of halogens is 5. The van der Waals surface area contributed by atoms with E-state index in [1.807, 2.05) is 0 Å². The first-order chi connectivity index (χ1) is 5.66. The van der Waals surface area contributed by atoms with E-state index >= 15 is 0 Å².